The number of nitrogens with zero attached hydrogens (tertiary/aromatic N) is 3. The van der Waals surface area contributed by atoms with Crippen molar-refractivity contribution in [1.29, 1.82) is 0 Å². The number of nitro groups is 1. The van der Waals surface area contributed by atoms with Crippen molar-refractivity contribution in [3.8, 4) is 0 Å². The molecule has 0 fully saturated rings. The Bertz CT molecular complexity index is 1480. The third kappa shape index (κ3) is 8.03. The molecule has 0 saturated carbocycles. The van der Waals surface area contributed by atoms with Gasteiger partial charge in [-0.1, -0.05) is 60.1 Å². The molecule has 3 aromatic rings. The highest BCUT2D eigenvalue weighted by Gasteiger charge is 2.33. The van der Waals surface area contributed by atoms with Crippen LogP contribution in [0.1, 0.15) is 23.6 Å². The van der Waals surface area contributed by atoms with Gasteiger partial charge in [0.2, 0.25) is 21.8 Å². The summed E-state index contributed by atoms with van der Waals surface area (Å²) in [5.41, 5.74) is 1.56. The fourth-order valence-corrected chi connectivity index (χ4v) is 5.36. The Morgan fingerprint density at radius 2 is 1.70 bits per heavy atom. The van der Waals surface area contributed by atoms with Gasteiger partial charge in [0.1, 0.15) is 12.6 Å². The Morgan fingerprint density at radius 3 is 2.30 bits per heavy atom. The molecule has 0 bridgehead atoms. The third-order valence-electron chi connectivity index (χ3n) is 6.22. The zero-order valence-electron chi connectivity index (χ0n) is 22.4. The third-order valence-corrected chi connectivity index (χ3v) is 7.58. The van der Waals surface area contributed by atoms with Crippen molar-refractivity contribution in [1.82, 2.24) is 10.2 Å². The van der Waals surface area contributed by atoms with E-state index in [9.17, 15) is 28.1 Å². The predicted molar refractivity (Wildman–Crippen MR) is 155 cm³/mol. The van der Waals surface area contributed by atoms with Crippen LogP contribution in [-0.4, -0.2) is 55.4 Å². The largest absolute Gasteiger partial charge is 0.355 e. The van der Waals surface area contributed by atoms with Gasteiger partial charge in [0.05, 0.1) is 16.9 Å². The number of nitrogens with one attached hydrogen (secondary N) is 1. The molecule has 2 amide bonds. The minimum atomic E-state index is -4.06. The number of benzene rings is 3. The van der Waals surface area contributed by atoms with E-state index in [4.69, 9.17) is 11.6 Å². The second-order valence-electron chi connectivity index (χ2n) is 9.25. The first-order chi connectivity index (χ1) is 18.9. The first-order valence-electron chi connectivity index (χ1n) is 12.5. The lowest BCUT2D eigenvalue weighted by atomic mass is 10.0. The number of likely N-dealkylation sites (N-methyl/N-ethyl adjacent to an activating group) is 1. The molecule has 0 aliphatic carbocycles. The topological polar surface area (TPSA) is 130 Å². The molecule has 0 heterocycles. The van der Waals surface area contributed by atoms with E-state index >= 15 is 0 Å². The quantitative estimate of drug-likeness (QED) is 0.251. The summed E-state index contributed by atoms with van der Waals surface area (Å²) in [5, 5.41) is 14.6. The number of hydrogen-bond donors (Lipinski definition) is 1. The van der Waals surface area contributed by atoms with Gasteiger partial charge < -0.3 is 10.2 Å². The van der Waals surface area contributed by atoms with E-state index in [1.54, 1.807) is 38.1 Å². The number of amides is 2. The molecule has 3 rings (SSSR count). The van der Waals surface area contributed by atoms with Crippen LogP contribution in [0.25, 0.3) is 0 Å². The molecule has 1 atom stereocenters. The van der Waals surface area contributed by atoms with Gasteiger partial charge in [-0.3, -0.25) is 24.0 Å². The maximum Gasteiger partial charge on any atom is 0.271 e. The Morgan fingerprint density at radius 1 is 1.02 bits per heavy atom. The van der Waals surface area contributed by atoms with Crippen LogP contribution in [0.15, 0.2) is 72.8 Å². The summed E-state index contributed by atoms with van der Waals surface area (Å²) in [7, 11) is -4.06. The molecule has 212 valence electrons. The summed E-state index contributed by atoms with van der Waals surface area (Å²) < 4.78 is 26.7. The predicted octanol–water partition coefficient (Wildman–Crippen LogP) is 4.10. The highest BCUT2D eigenvalue weighted by molar-refractivity contribution is 7.92. The number of carbonyl (C=O) groups is 2. The van der Waals surface area contributed by atoms with Crippen molar-refractivity contribution in [2.45, 2.75) is 32.9 Å². The van der Waals surface area contributed by atoms with E-state index in [1.165, 1.54) is 17.0 Å². The number of carbonyl (C=O) groups excluding carboxylic acids is 2. The molecular formula is C28H31ClN4O6S. The van der Waals surface area contributed by atoms with E-state index in [2.05, 4.69) is 5.32 Å². The lowest BCUT2D eigenvalue weighted by Gasteiger charge is -2.33. The fourth-order valence-electron chi connectivity index (χ4n) is 4.25. The molecule has 0 spiro atoms. The smallest absolute Gasteiger partial charge is 0.271 e. The minimum Gasteiger partial charge on any atom is -0.355 e. The number of halogens is 1. The van der Waals surface area contributed by atoms with Gasteiger partial charge in [0, 0.05) is 36.7 Å². The fraction of sp³-hybridized carbons (Fsp3) is 0.286. The van der Waals surface area contributed by atoms with Crippen molar-refractivity contribution in [3.05, 3.63) is 105 Å². The number of sulfonamides is 1. The summed E-state index contributed by atoms with van der Waals surface area (Å²) in [5.74, 6) is -1.07. The van der Waals surface area contributed by atoms with Gasteiger partial charge in [-0.05, 0) is 42.7 Å². The number of non-ortho nitro benzene ring substituents is 1. The zero-order valence-corrected chi connectivity index (χ0v) is 24.0. The number of nitro benzene ring substituents is 1. The molecule has 10 nitrogen and oxygen atoms in total. The lowest BCUT2D eigenvalue weighted by Crippen LogP contribution is -2.53. The van der Waals surface area contributed by atoms with Gasteiger partial charge in [0.25, 0.3) is 5.69 Å². The Kier molecular flexibility index (Phi) is 10.2. The highest BCUT2D eigenvalue weighted by Crippen LogP contribution is 2.28. The molecule has 40 heavy (non-hydrogen) atoms. The Labute approximate surface area is 238 Å². The number of hydrogen-bond acceptors (Lipinski definition) is 6. The molecule has 1 N–H and O–H groups in total. The molecular weight excluding hydrogens is 556 g/mol. The number of aryl methyl sites for hydroxylation is 1. The summed E-state index contributed by atoms with van der Waals surface area (Å²) >= 11 is 6.19. The molecule has 12 heteroatoms. The average Bonchev–Trinajstić information content (AvgIpc) is 2.89. The summed E-state index contributed by atoms with van der Waals surface area (Å²) in [6.07, 6.45) is 1.10. The molecule has 0 aromatic heterocycles. The Hall–Kier alpha value is -3.96. The van der Waals surface area contributed by atoms with Crippen molar-refractivity contribution < 1.29 is 22.9 Å². The first-order valence-corrected chi connectivity index (χ1v) is 14.7. The molecule has 0 radical (unpaired) electrons. The summed E-state index contributed by atoms with van der Waals surface area (Å²) in [4.78, 5) is 39.4. The van der Waals surface area contributed by atoms with E-state index in [0.29, 0.717) is 22.7 Å². The standard InChI is InChI=1S/C28H31ClN4O6S/c1-4-30-28(35)26(16-21-9-6-5-7-10-21)31(18-22-11-8-12-23(29)15-22)27(34)19-32(40(3,38)39)25-17-24(33(36)37)14-13-20(25)2/h5-15,17,26H,4,16,18-19H2,1-3H3,(H,30,35)/t26-/m1/s1. The van der Waals surface area contributed by atoms with Gasteiger partial charge >= 0.3 is 0 Å². The van der Waals surface area contributed by atoms with Gasteiger partial charge in [0.15, 0.2) is 0 Å². The van der Waals surface area contributed by atoms with Crippen LogP contribution in [0.5, 0.6) is 0 Å². The number of rotatable bonds is 12. The second kappa shape index (κ2) is 13.4. The van der Waals surface area contributed by atoms with E-state index < -0.39 is 39.3 Å². The van der Waals surface area contributed by atoms with Crippen LogP contribution >= 0.6 is 11.6 Å². The first kappa shape index (κ1) is 30.6. The van der Waals surface area contributed by atoms with Crippen LogP contribution in [0.4, 0.5) is 11.4 Å². The summed E-state index contributed by atoms with van der Waals surface area (Å²) in [6, 6.07) is 18.8. The van der Waals surface area contributed by atoms with Gasteiger partial charge in [-0.2, -0.15) is 0 Å². The van der Waals surface area contributed by atoms with Crippen molar-refractivity contribution in [2.24, 2.45) is 0 Å². The van der Waals surface area contributed by atoms with Gasteiger partial charge in [-0.25, -0.2) is 8.42 Å². The monoisotopic (exact) mass is 586 g/mol. The van der Waals surface area contributed by atoms with Crippen LogP contribution < -0.4 is 9.62 Å². The van der Waals surface area contributed by atoms with Gasteiger partial charge in [-0.15, -0.1) is 0 Å². The normalized spacial score (nSPS) is 11.9. The van der Waals surface area contributed by atoms with Crippen LogP contribution in [0.2, 0.25) is 5.02 Å². The summed E-state index contributed by atoms with van der Waals surface area (Å²) in [6.45, 7) is 2.98. The average molecular weight is 587 g/mol. The Balaban J connectivity index is 2.09. The van der Waals surface area contributed by atoms with Crippen LogP contribution in [-0.2, 0) is 32.6 Å². The number of anilines is 1. The SMILES string of the molecule is CCNC(=O)[C@@H](Cc1ccccc1)N(Cc1cccc(Cl)c1)C(=O)CN(c1cc([N+](=O)[O-])ccc1C)S(C)(=O)=O. The second-order valence-corrected chi connectivity index (χ2v) is 11.6. The molecule has 0 aliphatic heterocycles. The molecule has 0 unspecified atom stereocenters. The van der Waals surface area contributed by atoms with Crippen molar-refractivity contribution >= 4 is 44.8 Å². The van der Waals surface area contributed by atoms with Crippen molar-refractivity contribution in [2.75, 3.05) is 23.7 Å². The van der Waals surface area contributed by atoms with Crippen LogP contribution in [0, 0.1) is 17.0 Å². The van der Waals surface area contributed by atoms with Crippen LogP contribution in [0.3, 0.4) is 0 Å². The maximum absolute atomic E-state index is 14.0. The molecule has 0 saturated heterocycles. The zero-order chi connectivity index (χ0) is 29.4. The molecule has 0 aliphatic rings. The van der Waals surface area contributed by atoms with E-state index in [-0.39, 0.29) is 24.3 Å². The maximum atomic E-state index is 14.0. The molecule has 3 aromatic carbocycles. The minimum absolute atomic E-state index is 0.00498. The lowest BCUT2D eigenvalue weighted by molar-refractivity contribution is -0.384. The van der Waals surface area contributed by atoms with E-state index in [0.717, 1.165) is 22.2 Å². The highest BCUT2D eigenvalue weighted by atomic mass is 35.5. The van der Waals surface area contributed by atoms with E-state index in [1.807, 2.05) is 30.3 Å². The van der Waals surface area contributed by atoms with Crippen molar-refractivity contribution in [3.63, 3.8) is 0 Å².